The first kappa shape index (κ1) is 12.4. The van der Waals surface area contributed by atoms with Gasteiger partial charge in [-0.25, -0.2) is 9.97 Å². The van der Waals surface area contributed by atoms with Crippen molar-refractivity contribution < 1.29 is 0 Å². The molecule has 1 aromatic heterocycles. The Kier molecular flexibility index (Phi) is 4.05. The van der Waals surface area contributed by atoms with E-state index in [0.29, 0.717) is 28.6 Å². The van der Waals surface area contributed by atoms with Gasteiger partial charge < -0.3 is 11.1 Å². The molecule has 0 spiro atoms. The maximum absolute atomic E-state index is 6.06. The van der Waals surface area contributed by atoms with E-state index in [1.165, 1.54) is 38.4 Å². The van der Waals surface area contributed by atoms with Gasteiger partial charge in [-0.05, 0) is 25.7 Å². The number of rotatable bonds is 3. The lowest BCUT2D eigenvalue weighted by Crippen LogP contribution is -2.28. The van der Waals surface area contributed by atoms with E-state index >= 15 is 0 Å². The maximum Gasteiger partial charge on any atom is 0.150 e. The Hall–Kier alpha value is -1.03. The molecule has 1 unspecified atom stereocenters. The SMILES string of the molecule is CC(Nc1ncnc(N)c1Cl)C1CCCCC1. The Balaban J connectivity index is 2.01. The van der Waals surface area contributed by atoms with Gasteiger partial charge in [0.2, 0.25) is 0 Å². The third-order valence-corrected chi connectivity index (χ3v) is 3.91. The summed E-state index contributed by atoms with van der Waals surface area (Å²) >= 11 is 6.06. The number of nitrogens with two attached hydrogens (primary N) is 1. The van der Waals surface area contributed by atoms with Crippen LogP contribution in [0.25, 0.3) is 0 Å². The maximum atomic E-state index is 6.06. The number of nitrogen functional groups attached to an aromatic ring is 1. The van der Waals surface area contributed by atoms with Gasteiger partial charge in [-0.3, -0.25) is 0 Å². The zero-order valence-electron chi connectivity index (χ0n) is 10.1. The van der Waals surface area contributed by atoms with Gasteiger partial charge in [0, 0.05) is 6.04 Å². The van der Waals surface area contributed by atoms with Crippen molar-refractivity contribution in [3.63, 3.8) is 0 Å². The fourth-order valence-electron chi connectivity index (χ4n) is 2.45. The van der Waals surface area contributed by atoms with Crippen molar-refractivity contribution in [3.05, 3.63) is 11.3 Å². The van der Waals surface area contributed by atoms with Gasteiger partial charge in [0.05, 0.1) is 0 Å². The molecule has 1 aromatic rings. The summed E-state index contributed by atoms with van der Waals surface area (Å²) in [7, 11) is 0. The van der Waals surface area contributed by atoms with E-state index < -0.39 is 0 Å². The molecule has 1 fully saturated rings. The Labute approximate surface area is 107 Å². The lowest BCUT2D eigenvalue weighted by molar-refractivity contribution is 0.328. The van der Waals surface area contributed by atoms with Gasteiger partial charge in [-0.1, -0.05) is 30.9 Å². The number of nitrogens with zero attached hydrogens (tertiary/aromatic N) is 2. The highest BCUT2D eigenvalue weighted by Gasteiger charge is 2.21. The lowest BCUT2D eigenvalue weighted by atomic mass is 9.84. The molecule has 1 saturated carbocycles. The largest absolute Gasteiger partial charge is 0.382 e. The van der Waals surface area contributed by atoms with Crippen molar-refractivity contribution in [1.82, 2.24) is 9.97 Å². The average molecular weight is 255 g/mol. The van der Waals surface area contributed by atoms with Gasteiger partial charge in [0.1, 0.15) is 17.2 Å². The number of halogens is 1. The minimum atomic E-state index is 0.333. The summed E-state index contributed by atoms with van der Waals surface area (Å²) in [5.41, 5.74) is 5.65. The lowest BCUT2D eigenvalue weighted by Gasteiger charge is -2.28. The van der Waals surface area contributed by atoms with Crippen LogP contribution in [0.1, 0.15) is 39.0 Å². The summed E-state index contributed by atoms with van der Waals surface area (Å²) in [6.07, 6.45) is 8.03. The Morgan fingerprint density at radius 3 is 2.76 bits per heavy atom. The highest BCUT2D eigenvalue weighted by atomic mass is 35.5. The summed E-state index contributed by atoms with van der Waals surface area (Å²) in [5, 5.41) is 3.78. The molecule has 0 radical (unpaired) electrons. The molecule has 2 rings (SSSR count). The minimum Gasteiger partial charge on any atom is -0.382 e. The molecule has 0 bridgehead atoms. The molecule has 1 atom stereocenters. The molecule has 1 aliphatic rings. The van der Waals surface area contributed by atoms with E-state index in [2.05, 4.69) is 22.2 Å². The van der Waals surface area contributed by atoms with Crippen LogP contribution in [-0.4, -0.2) is 16.0 Å². The predicted molar refractivity (Wildman–Crippen MR) is 71.1 cm³/mol. The van der Waals surface area contributed by atoms with E-state index in [-0.39, 0.29) is 0 Å². The van der Waals surface area contributed by atoms with E-state index in [4.69, 9.17) is 17.3 Å². The first-order chi connectivity index (χ1) is 8.18. The van der Waals surface area contributed by atoms with Crippen molar-refractivity contribution in [2.45, 2.75) is 45.1 Å². The molecule has 94 valence electrons. The van der Waals surface area contributed by atoms with E-state index in [1.54, 1.807) is 0 Å². The van der Waals surface area contributed by atoms with Crippen molar-refractivity contribution in [2.75, 3.05) is 11.1 Å². The third-order valence-electron chi connectivity index (χ3n) is 3.54. The predicted octanol–water partition coefficient (Wildman–Crippen LogP) is 3.09. The van der Waals surface area contributed by atoms with Crippen LogP contribution in [0.3, 0.4) is 0 Å². The summed E-state index contributed by atoms with van der Waals surface area (Å²) < 4.78 is 0. The second-order valence-corrected chi connectivity index (χ2v) is 5.13. The van der Waals surface area contributed by atoms with Crippen molar-refractivity contribution in [3.8, 4) is 0 Å². The van der Waals surface area contributed by atoms with Crippen LogP contribution in [0, 0.1) is 5.92 Å². The minimum absolute atomic E-state index is 0.333. The van der Waals surface area contributed by atoms with Gasteiger partial charge in [0.15, 0.2) is 5.82 Å². The third kappa shape index (κ3) is 3.00. The molecule has 17 heavy (non-hydrogen) atoms. The van der Waals surface area contributed by atoms with Crippen LogP contribution in [-0.2, 0) is 0 Å². The van der Waals surface area contributed by atoms with Gasteiger partial charge >= 0.3 is 0 Å². The highest BCUT2D eigenvalue weighted by Crippen LogP contribution is 2.30. The van der Waals surface area contributed by atoms with Crippen molar-refractivity contribution >= 4 is 23.2 Å². The second-order valence-electron chi connectivity index (χ2n) is 4.75. The van der Waals surface area contributed by atoms with E-state index in [0.717, 1.165) is 0 Å². The molecule has 1 heterocycles. The molecule has 1 aliphatic carbocycles. The normalized spacial score (nSPS) is 18.9. The summed E-state index contributed by atoms with van der Waals surface area (Å²) in [5.74, 6) is 1.69. The van der Waals surface area contributed by atoms with Crippen LogP contribution in [0.4, 0.5) is 11.6 Å². The van der Waals surface area contributed by atoms with Crippen LogP contribution >= 0.6 is 11.6 Å². The van der Waals surface area contributed by atoms with Crippen molar-refractivity contribution in [2.24, 2.45) is 5.92 Å². The quantitative estimate of drug-likeness (QED) is 0.870. The summed E-state index contributed by atoms with van der Waals surface area (Å²) in [6.45, 7) is 2.19. The number of aromatic nitrogens is 2. The van der Waals surface area contributed by atoms with Crippen LogP contribution in [0.2, 0.25) is 5.02 Å². The molecule has 4 nitrogen and oxygen atoms in total. The smallest absolute Gasteiger partial charge is 0.150 e. The number of hydrogen-bond acceptors (Lipinski definition) is 4. The molecular weight excluding hydrogens is 236 g/mol. The summed E-state index contributed by atoms with van der Waals surface area (Å²) in [4.78, 5) is 7.99. The monoisotopic (exact) mass is 254 g/mol. The number of nitrogens with one attached hydrogen (secondary N) is 1. The molecule has 0 aliphatic heterocycles. The fourth-order valence-corrected chi connectivity index (χ4v) is 2.60. The average Bonchev–Trinajstić information content (AvgIpc) is 2.36. The van der Waals surface area contributed by atoms with Crippen LogP contribution < -0.4 is 11.1 Å². The molecule has 0 amide bonds. The second kappa shape index (κ2) is 5.54. The highest BCUT2D eigenvalue weighted by molar-refractivity contribution is 6.35. The first-order valence-corrected chi connectivity index (χ1v) is 6.59. The van der Waals surface area contributed by atoms with Crippen LogP contribution in [0.15, 0.2) is 6.33 Å². The van der Waals surface area contributed by atoms with Gasteiger partial charge in [-0.15, -0.1) is 0 Å². The Morgan fingerprint density at radius 2 is 2.06 bits per heavy atom. The van der Waals surface area contributed by atoms with E-state index in [9.17, 15) is 0 Å². The summed E-state index contributed by atoms with van der Waals surface area (Å²) in [6, 6.07) is 0.377. The van der Waals surface area contributed by atoms with Crippen LogP contribution in [0.5, 0.6) is 0 Å². The van der Waals surface area contributed by atoms with Crippen molar-refractivity contribution in [1.29, 1.82) is 0 Å². The number of anilines is 2. The van der Waals surface area contributed by atoms with E-state index in [1.807, 2.05) is 0 Å². The molecule has 5 heteroatoms. The zero-order valence-corrected chi connectivity index (χ0v) is 10.9. The molecule has 0 saturated heterocycles. The zero-order chi connectivity index (χ0) is 12.3. The number of hydrogen-bond donors (Lipinski definition) is 2. The Morgan fingerprint density at radius 1 is 1.35 bits per heavy atom. The van der Waals surface area contributed by atoms with Gasteiger partial charge in [0.25, 0.3) is 0 Å². The molecule has 0 aromatic carbocycles. The fraction of sp³-hybridized carbons (Fsp3) is 0.667. The Bertz CT molecular complexity index is 377. The first-order valence-electron chi connectivity index (χ1n) is 6.21. The van der Waals surface area contributed by atoms with Gasteiger partial charge in [-0.2, -0.15) is 0 Å². The topological polar surface area (TPSA) is 63.8 Å². The molecule has 3 N–H and O–H groups in total. The molecular formula is C12H19ClN4. The standard InChI is InChI=1S/C12H19ClN4/c1-8(9-5-3-2-4-6-9)17-12-10(13)11(14)15-7-16-12/h7-9H,2-6H2,1H3,(H3,14,15,16,17).